The Bertz CT molecular complexity index is 1200. The van der Waals surface area contributed by atoms with E-state index in [1.165, 1.54) is 0 Å². The third-order valence-electron chi connectivity index (χ3n) is 5.58. The van der Waals surface area contributed by atoms with Crippen molar-refractivity contribution in [2.24, 2.45) is 0 Å². The Morgan fingerprint density at radius 3 is 2.06 bits per heavy atom. The van der Waals surface area contributed by atoms with E-state index in [2.05, 4.69) is 5.32 Å². The Labute approximate surface area is 201 Å². The van der Waals surface area contributed by atoms with Crippen LogP contribution in [-0.4, -0.2) is 41.3 Å². The van der Waals surface area contributed by atoms with Crippen LogP contribution in [0.15, 0.2) is 78.9 Å². The summed E-state index contributed by atoms with van der Waals surface area (Å²) in [6.07, 6.45) is -0.985. The van der Waals surface area contributed by atoms with Gasteiger partial charge in [0.1, 0.15) is 6.61 Å². The number of fused-ring (bicyclic) bond motifs is 3. The van der Waals surface area contributed by atoms with Crippen LogP contribution in [0, 0.1) is 0 Å². The molecule has 10 heteroatoms. The topological polar surface area (TPSA) is 131 Å². The molecule has 0 spiro atoms. The van der Waals surface area contributed by atoms with Crippen LogP contribution in [0.1, 0.15) is 22.6 Å². The predicted octanol–water partition coefficient (Wildman–Crippen LogP) is 4.31. The lowest BCUT2D eigenvalue weighted by Crippen LogP contribution is -2.44. The molecule has 35 heavy (non-hydrogen) atoms. The number of hydrogen-bond donors (Lipinski definition) is 3. The van der Waals surface area contributed by atoms with Crippen molar-refractivity contribution >= 4 is 19.9 Å². The van der Waals surface area contributed by atoms with E-state index in [0.717, 1.165) is 22.3 Å². The maximum Gasteiger partial charge on any atom is 0.472 e. The van der Waals surface area contributed by atoms with Crippen molar-refractivity contribution in [3.8, 4) is 11.1 Å². The number of alkyl carbamates (subject to hydrolysis) is 1. The number of carbonyl (C=O) groups excluding carboxylic acids is 1. The number of carbonyl (C=O) groups is 2. The highest BCUT2D eigenvalue weighted by Crippen LogP contribution is 2.45. The van der Waals surface area contributed by atoms with E-state index < -0.39 is 32.5 Å². The highest BCUT2D eigenvalue weighted by Gasteiger charge is 2.31. The van der Waals surface area contributed by atoms with Crippen LogP contribution in [-0.2, 0) is 29.8 Å². The predicted molar refractivity (Wildman–Crippen MR) is 127 cm³/mol. The number of rotatable bonds is 10. The Morgan fingerprint density at radius 2 is 1.46 bits per heavy atom. The smallest absolute Gasteiger partial charge is 0.472 e. The molecule has 1 aliphatic rings. The molecule has 3 aromatic rings. The highest BCUT2D eigenvalue weighted by molar-refractivity contribution is 7.47. The normalized spacial score (nSPS) is 14.9. The Hall–Kier alpha value is -3.49. The van der Waals surface area contributed by atoms with E-state index in [1.807, 2.05) is 48.5 Å². The molecule has 0 aliphatic heterocycles. The van der Waals surface area contributed by atoms with E-state index >= 15 is 0 Å². The summed E-state index contributed by atoms with van der Waals surface area (Å²) in [6, 6.07) is 22.6. The number of hydrogen-bond acceptors (Lipinski definition) is 6. The van der Waals surface area contributed by atoms with Crippen LogP contribution >= 0.6 is 7.82 Å². The Kier molecular flexibility index (Phi) is 7.63. The molecule has 1 amide bonds. The van der Waals surface area contributed by atoms with Gasteiger partial charge in [-0.05, 0) is 27.8 Å². The number of carboxylic acids is 1. The van der Waals surface area contributed by atoms with Gasteiger partial charge in [0.2, 0.25) is 0 Å². The minimum atomic E-state index is -4.56. The number of ether oxygens (including phenoxy) is 1. The first-order chi connectivity index (χ1) is 16.8. The summed E-state index contributed by atoms with van der Waals surface area (Å²) in [4.78, 5) is 33.8. The SMILES string of the molecule is O=C(N[C@H](COP(=O)(O)OCc1ccccc1)C(=O)O)OCC1c2ccccc2-c2ccccc21. The van der Waals surface area contributed by atoms with Gasteiger partial charge in [0.15, 0.2) is 6.04 Å². The molecule has 3 aromatic carbocycles. The van der Waals surface area contributed by atoms with Crippen LogP contribution in [0.2, 0.25) is 0 Å². The molecular weight excluding hydrogens is 473 g/mol. The first-order valence-electron chi connectivity index (χ1n) is 10.8. The fourth-order valence-electron chi connectivity index (χ4n) is 3.89. The van der Waals surface area contributed by atoms with Gasteiger partial charge in [-0.2, -0.15) is 0 Å². The lowest BCUT2D eigenvalue weighted by atomic mass is 9.98. The lowest BCUT2D eigenvalue weighted by Gasteiger charge is -2.18. The zero-order valence-corrected chi connectivity index (χ0v) is 19.5. The molecule has 0 saturated carbocycles. The Balaban J connectivity index is 1.31. The third-order valence-corrected chi connectivity index (χ3v) is 6.51. The van der Waals surface area contributed by atoms with E-state index in [1.54, 1.807) is 30.3 Å². The molecule has 2 atom stereocenters. The van der Waals surface area contributed by atoms with Crippen molar-refractivity contribution in [2.45, 2.75) is 18.6 Å². The monoisotopic (exact) mass is 497 g/mol. The molecule has 182 valence electrons. The second-order valence-corrected chi connectivity index (χ2v) is 9.34. The summed E-state index contributed by atoms with van der Waals surface area (Å²) < 4.78 is 27.1. The largest absolute Gasteiger partial charge is 0.480 e. The zero-order valence-electron chi connectivity index (χ0n) is 18.6. The summed E-state index contributed by atoms with van der Waals surface area (Å²) >= 11 is 0. The van der Waals surface area contributed by atoms with Gasteiger partial charge >= 0.3 is 19.9 Å². The minimum absolute atomic E-state index is 0.00820. The number of amides is 1. The van der Waals surface area contributed by atoms with Crippen molar-refractivity contribution in [1.82, 2.24) is 5.32 Å². The lowest BCUT2D eigenvalue weighted by molar-refractivity contribution is -0.140. The molecule has 3 N–H and O–H groups in total. The molecule has 1 aliphatic carbocycles. The van der Waals surface area contributed by atoms with Crippen molar-refractivity contribution in [3.63, 3.8) is 0 Å². The fourth-order valence-corrected chi connectivity index (χ4v) is 4.62. The van der Waals surface area contributed by atoms with E-state index in [4.69, 9.17) is 13.8 Å². The third kappa shape index (κ3) is 6.15. The molecule has 0 radical (unpaired) electrons. The van der Waals surface area contributed by atoms with Gasteiger partial charge in [-0.15, -0.1) is 0 Å². The van der Waals surface area contributed by atoms with Crippen LogP contribution in [0.5, 0.6) is 0 Å². The van der Waals surface area contributed by atoms with Gasteiger partial charge in [0.25, 0.3) is 0 Å². The van der Waals surface area contributed by atoms with Gasteiger partial charge in [-0.25, -0.2) is 14.2 Å². The first-order valence-corrected chi connectivity index (χ1v) is 12.3. The van der Waals surface area contributed by atoms with Crippen LogP contribution in [0.25, 0.3) is 11.1 Å². The second-order valence-electron chi connectivity index (χ2n) is 7.88. The van der Waals surface area contributed by atoms with Crippen molar-refractivity contribution in [3.05, 3.63) is 95.6 Å². The van der Waals surface area contributed by atoms with Gasteiger partial charge in [0.05, 0.1) is 13.2 Å². The Morgan fingerprint density at radius 1 is 0.886 bits per heavy atom. The molecule has 4 rings (SSSR count). The number of carboxylic acid groups (broad SMARTS) is 1. The number of phosphoric ester groups is 1. The van der Waals surface area contributed by atoms with Gasteiger partial charge in [-0.1, -0.05) is 78.9 Å². The maximum absolute atomic E-state index is 12.4. The van der Waals surface area contributed by atoms with Crippen LogP contribution in [0.4, 0.5) is 4.79 Å². The maximum atomic E-state index is 12.4. The molecule has 0 bridgehead atoms. The highest BCUT2D eigenvalue weighted by atomic mass is 31.2. The van der Waals surface area contributed by atoms with E-state index in [9.17, 15) is 24.2 Å². The summed E-state index contributed by atoms with van der Waals surface area (Å²) in [5.41, 5.74) is 4.77. The van der Waals surface area contributed by atoms with Crippen molar-refractivity contribution < 1.29 is 37.9 Å². The number of phosphoric acid groups is 1. The summed E-state index contributed by atoms with van der Waals surface area (Å²) in [6.45, 7) is -1.00. The number of benzene rings is 3. The van der Waals surface area contributed by atoms with Crippen LogP contribution in [0.3, 0.4) is 0 Å². The zero-order chi connectivity index (χ0) is 24.8. The van der Waals surface area contributed by atoms with E-state index in [-0.39, 0.29) is 19.1 Å². The minimum Gasteiger partial charge on any atom is -0.480 e. The van der Waals surface area contributed by atoms with Gasteiger partial charge in [-0.3, -0.25) is 9.05 Å². The van der Waals surface area contributed by atoms with Gasteiger partial charge in [0, 0.05) is 5.92 Å². The first kappa shape index (κ1) is 24.6. The molecule has 9 nitrogen and oxygen atoms in total. The molecule has 0 fully saturated rings. The molecule has 0 aromatic heterocycles. The summed E-state index contributed by atoms with van der Waals surface area (Å²) in [5, 5.41) is 11.6. The second kappa shape index (κ2) is 10.8. The molecular formula is C25H24NO8P. The van der Waals surface area contributed by atoms with Crippen molar-refractivity contribution in [2.75, 3.05) is 13.2 Å². The number of nitrogens with one attached hydrogen (secondary N) is 1. The summed E-state index contributed by atoms with van der Waals surface area (Å²) in [5.74, 6) is -1.65. The average Bonchev–Trinajstić information content (AvgIpc) is 3.18. The standard InChI is InChI=1S/C25H24NO8P/c27-24(28)23(16-34-35(30,31)33-14-17-8-2-1-3-9-17)26-25(29)32-15-22-20-12-6-4-10-18(20)19-11-5-7-13-21(19)22/h1-13,22-23H,14-16H2,(H,26,29)(H,27,28)(H,30,31)/t23-/m1/s1. The average molecular weight is 497 g/mol. The van der Waals surface area contributed by atoms with Gasteiger partial charge < -0.3 is 20.1 Å². The number of aliphatic carboxylic acids is 1. The van der Waals surface area contributed by atoms with E-state index in [0.29, 0.717) is 5.56 Å². The molecule has 0 saturated heterocycles. The fraction of sp³-hybridized carbons (Fsp3) is 0.200. The molecule has 0 heterocycles. The van der Waals surface area contributed by atoms with Crippen LogP contribution < -0.4 is 5.32 Å². The summed E-state index contributed by atoms with van der Waals surface area (Å²) in [7, 11) is -4.56. The molecule has 1 unspecified atom stereocenters. The van der Waals surface area contributed by atoms with Crippen molar-refractivity contribution in [1.29, 1.82) is 0 Å². The quantitative estimate of drug-likeness (QED) is 0.353.